The van der Waals surface area contributed by atoms with Crippen LogP contribution in [0.15, 0.2) is 65.7 Å². The molecule has 7 rings (SSSR count). The molecule has 0 spiro atoms. The number of nitrogens with zero attached hydrogens (tertiary/aromatic N) is 3. The summed E-state index contributed by atoms with van der Waals surface area (Å²) in [6.45, 7) is 7.36. The topological polar surface area (TPSA) is 81.1 Å². The molecule has 0 unspecified atom stereocenters. The second kappa shape index (κ2) is 11.1. The average Bonchev–Trinajstić information content (AvgIpc) is 2.98. The third-order valence-electron chi connectivity index (χ3n) is 9.67. The van der Waals surface area contributed by atoms with Gasteiger partial charge in [0.1, 0.15) is 17.4 Å². The molecule has 42 heavy (non-hydrogen) atoms. The van der Waals surface area contributed by atoms with Gasteiger partial charge in [-0.05, 0) is 96.6 Å². The van der Waals surface area contributed by atoms with Crippen LogP contribution in [0.1, 0.15) is 39.2 Å². The minimum absolute atomic E-state index is 0.196. The number of ether oxygens (including phenoxy) is 1. The molecule has 3 fully saturated rings. The predicted molar refractivity (Wildman–Crippen MR) is 168 cm³/mol. The van der Waals surface area contributed by atoms with E-state index in [4.69, 9.17) is 21.9 Å². The molecule has 0 aliphatic heterocycles. The van der Waals surface area contributed by atoms with Crippen LogP contribution in [-0.4, -0.2) is 32.8 Å². The van der Waals surface area contributed by atoms with Gasteiger partial charge in [0, 0.05) is 42.3 Å². The van der Waals surface area contributed by atoms with Crippen LogP contribution in [0.25, 0.3) is 22.3 Å². The summed E-state index contributed by atoms with van der Waals surface area (Å²) in [6, 6.07) is 14.2. The van der Waals surface area contributed by atoms with E-state index in [1.54, 1.807) is 41.2 Å². The Labute approximate surface area is 250 Å². The van der Waals surface area contributed by atoms with Crippen molar-refractivity contribution in [2.24, 2.45) is 23.2 Å². The van der Waals surface area contributed by atoms with Crippen molar-refractivity contribution in [2.45, 2.75) is 52.6 Å². The van der Waals surface area contributed by atoms with E-state index in [1.807, 2.05) is 18.2 Å². The summed E-state index contributed by atoms with van der Waals surface area (Å²) in [5, 5.41) is 7.92. The number of anilines is 1. The SMILES string of the molecule is COc1ccc(CCn2c(-c3cccnc3)nc3cc(NC(=S)N[C@H]4C[C@@H]5C[C@H]([C@@H]4C)C5(C)C)ccc3c2=O)c(F)c1. The van der Waals surface area contributed by atoms with Gasteiger partial charge in [0.05, 0.1) is 18.0 Å². The lowest BCUT2D eigenvalue weighted by atomic mass is 9.45. The van der Waals surface area contributed by atoms with E-state index < -0.39 is 0 Å². The maximum atomic E-state index is 14.7. The summed E-state index contributed by atoms with van der Waals surface area (Å²) >= 11 is 5.70. The number of aromatic nitrogens is 3. The van der Waals surface area contributed by atoms with Crippen molar-refractivity contribution in [3.8, 4) is 17.1 Å². The van der Waals surface area contributed by atoms with Crippen molar-refractivity contribution < 1.29 is 9.13 Å². The molecule has 2 aromatic carbocycles. The Morgan fingerprint density at radius 2 is 2.02 bits per heavy atom. The fourth-order valence-electron chi connectivity index (χ4n) is 6.99. The van der Waals surface area contributed by atoms with Gasteiger partial charge in [0.2, 0.25) is 0 Å². The molecule has 3 aliphatic carbocycles. The third kappa shape index (κ3) is 5.15. The summed E-state index contributed by atoms with van der Waals surface area (Å²) in [7, 11) is 1.50. The van der Waals surface area contributed by atoms with Gasteiger partial charge in [-0.25, -0.2) is 9.37 Å². The summed E-state index contributed by atoms with van der Waals surface area (Å²) in [6.07, 6.45) is 6.10. The Bertz CT molecular complexity index is 1710. The van der Waals surface area contributed by atoms with E-state index in [-0.39, 0.29) is 17.9 Å². The number of aryl methyl sites for hydroxylation is 1. The Balaban J connectivity index is 1.26. The number of rotatable bonds is 7. The molecule has 2 N–H and O–H groups in total. The fraction of sp³-hybridized carbons (Fsp3) is 0.394. The molecule has 3 saturated carbocycles. The highest BCUT2D eigenvalue weighted by atomic mass is 32.1. The maximum absolute atomic E-state index is 14.7. The summed E-state index contributed by atoms with van der Waals surface area (Å²) in [5.41, 5.74) is 2.73. The molecular formula is C33H36FN5O2S. The van der Waals surface area contributed by atoms with E-state index in [2.05, 4.69) is 36.4 Å². The number of pyridine rings is 1. The molecule has 0 saturated heterocycles. The molecule has 7 nitrogen and oxygen atoms in total. The summed E-state index contributed by atoms with van der Waals surface area (Å²) < 4.78 is 21.4. The van der Waals surface area contributed by atoms with Crippen molar-refractivity contribution in [1.82, 2.24) is 19.9 Å². The van der Waals surface area contributed by atoms with Crippen molar-refractivity contribution in [3.05, 3.63) is 82.7 Å². The molecule has 9 heteroatoms. The highest BCUT2D eigenvalue weighted by Gasteiger charge is 2.56. The van der Waals surface area contributed by atoms with Crippen LogP contribution >= 0.6 is 12.2 Å². The first-order valence-electron chi connectivity index (χ1n) is 14.5. The zero-order valence-electron chi connectivity index (χ0n) is 24.4. The number of thiocarbonyl (C=S) groups is 1. The average molecular weight is 586 g/mol. The van der Waals surface area contributed by atoms with Crippen LogP contribution in [0.2, 0.25) is 0 Å². The first-order valence-corrected chi connectivity index (χ1v) is 14.9. The highest BCUT2D eigenvalue weighted by molar-refractivity contribution is 7.80. The van der Waals surface area contributed by atoms with Gasteiger partial charge in [0.25, 0.3) is 5.56 Å². The van der Waals surface area contributed by atoms with Crippen LogP contribution in [0.4, 0.5) is 10.1 Å². The Kier molecular flexibility index (Phi) is 7.47. The number of hydrogen-bond donors (Lipinski definition) is 2. The first kappa shape index (κ1) is 28.3. The normalized spacial score (nSPS) is 22.3. The monoisotopic (exact) mass is 585 g/mol. The number of halogens is 1. The molecule has 4 aromatic rings. The smallest absolute Gasteiger partial charge is 0.261 e. The van der Waals surface area contributed by atoms with Gasteiger partial charge in [-0.15, -0.1) is 0 Å². The highest BCUT2D eigenvalue weighted by Crippen LogP contribution is 2.61. The van der Waals surface area contributed by atoms with E-state index in [9.17, 15) is 9.18 Å². The molecule has 218 valence electrons. The lowest BCUT2D eigenvalue weighted by molar-refractivity contribution is -0.111. The second-order valence-corrected chi connectivity index (χ2v) is 12.6. The van der Waals surface area contributed by atoms with Crippen molar-refractivity contribution in [1.29, 1.82) is 0 Å². The zero-order valence-corrected chi connectivity index (χ0v) is 25.2. The summed E-state index contributed by atoms with van der Waals surface area (Å²) in [4.78, 5) is 22.9. The Morgan fingerprint density at radius 3 is 2.71 bits per heavy atom. The van der Waals surface area contributed by atoms with Crippen molar-refractivity contribution in [2.75, 3.05) is 12.4 Å². The Hall–Kier alpha value is -3.85. The lowest BCUT2D eigenvalue weighted by Crippen LogP contribution is -2.61. The largest absolute Gasteiger partial charge is 0.497 e. The minimum Gasteiger partial charge on any atom is -0.497 e. The van der Waals surface area contributed by atoms with Gasteiger partial charge < -0.3 is 15.4 Å². The van der Waals surface area contributed by atoms with Gasteiger partial charge in [0.15, 0.2) is 5.11 Å². The molecule has 3 aliphatic rings. The number of fused-ring (bicyclic) bond motifs is 3. The molecule has 2 bridgehead atoms. The van der Waals surface area contributed by atoms with Crippen molar-refractivity contribution >= 4 is 33.9 Å². The molecule has 4 atom stereocenters. The van der Waals surface area contributed by atoms with Crippen LogP contribution in [-0.2, 0) is 13.0 Å². The van der Waals surface area contributed by atoms with Crippen LogP contribution < -0.4 is 20.9 Å². The van der Waals surface area contributed by atoms with Gasteiger partial charge in [-0.1, -0.05) is 26.8 Å². The van der Waals surface area contributed by atoms with Gasteiger partial charge in [-0.3, -0.25) is 14.3 Å². The Morgan fingerprint density at radius 1 is 1.19 bits per heavy atom. The van der Waals surface area contributed by atoms with Crippen LogP contribution in [0.5, 0.6) is 5.75 Å². The minimum atomic E-state index is -0.372. The van der Waals surface area contributed by atoms with Crippen LogP contribution in [0.3, 0.4) is 0 Å². The van der Waals surface area contributed by atoms with Crippen LogP contribution in [0, 0.1) is 29.0 Å². The molecular weight excluding hydrogens is 549 g/mol. The molecule has 2 aromatic heterocycles. The summed E-state index contributed by atoms with van der Waals surface area (Å²) in [5.74, 6) is 2.56. The number of benzene rings is 2. The fourth-order valence-corrected chi connectivity index (χ4v) is 7.26. The quantitative estimate of drug-likeness (QED) is 0.250. The van der Waals surface area contributed by atoms with Crippen molar-refractivity contribution in [3.63, 3.8) is 0 Å². The number of nitrogens with one attached hydrogen (secondary N) is 2. The van der Waals surface area contributed by atoms with E-state index in [0.717, 1.165) is 23.9 Å². The standard InChI is InChI=1S/C33H36FN5O2S/c1-19-26-14-22(33(26,2)3)15-28(19)38-32(42)36-23-8-10-25-29(16-23)37-30(21-6-5-12-35-18-21)39(31(25)40)13-11-20-7-9-24(41-4)17-27(20)34/h5-10,12,16-19,22,26,28H,11,13-15H2,1-4H3,(H2,36,38,42)/t19-,22-,26+,28-/m0/s1. The van der Waals surface area contributed by atoms with Gasteiger partial charge in [-0.2, -0.15) is 0 Å². The number of hydrogen-bond acceptors (Lipinski definition) is 5. The molecule has 0 amide bonds. The lowest BCUT2D eigenvalue weighted by Gasteiger charge is -2.62. The van der Waals surface area contributed by atoms with E-state index in [1.165, 1.54) is 19.6 Å². The zero-order chi connectivity index (χ0) is 29.6. The molecule has 2 heterocycles. The first-order chi connectivity index (χ1) is 20.2. The number of methoxy groups -OCH3 is 1. The van der Waals surface area contributed by atoms with E-state index in [0.29, 0.717) is 62.5 Å². The molecule has 0 radical (unpaired) electrons. The van der Waals surface area contributed by atoms with E-state index >= 15 is 0 Å². The second-order valence-electron chi connectivity index (χ2n) is 12.2. The van der Waals surface area contributed by atoms with Gasteiger partial charge >= 0.3 is 0 Å². The third-order valence-corrected chi connectivity index (χ3v) is 9.89. The maximum Gasteiger partial charge on any atom is 0.261 e. The predicted octanol–water partition coefficient (Wildman–Crippen LogP) is 6.21.